The molecule has 0 aliphatic carbocycles. The lowest BCUT2D eigenvalue weighted by atomic mass is 10.1. The van der Waals surface area contributed by atoms with E-state index in [1.165, 1.54) is 0 Å². The standard InChI is InChI=1S/C5H7F3O2S/c6-2-4-1-5(7,8)11(9,10)3-4/h4H,1-3H2. The Balaban J connectivity index is 2.89. The first-order valence-corrected chi connectivity index (χ1v) is 4.70. The van der Waals surface area contributed by atoms with E-state index in [1.54, 1.807) is 0 Å². The number of hydrogen-bond acceptors (Lipinski definition) is 2. The van der Waals surface area contributed by atoms with Crippen LogP contribution in [0.1, 0.15) is 6.42 Å². The summed E-state index contributed by atoms with van der Waals surface area (Å²) in [4.78, 5) is 0. The molecule has 1 rings (SSSR count). The van der Waals surface area contributed by atoms with Crippen LogP contribution >= 0.6 is 0 Å². The Hall–Kier alpha value is -0.260. The van der Waals surface area contributed by atoms with Gasteiger partial charge in [0.05, 0.1) is 12.4 Å². The summed E-state index contributed by atoms with van der Waals surface area (Å²) in [5.41, 5.74) is 0. The minimum absolute atomic E-state index is 0.726. The van der Waals surface area contributed by atoms with Gasteiger partial charge in [0.15, 0.2) is 0 Å². The molecule has 6 heteroatoms. The van der Waals surface area contributed by atoms with Crippen molar-refractivity contribution in [2.24, 2.45) is 5.92 Å². The average Bonchev–Trinajstić information content (AvgIpc) is 2.03. The Morgan fingerprint density at radius 3 is 2.18 bits per heavy atom. The van der Waals surface area contributed by atoms with E-state index in [9.17, 15) is 21.6 Å². The Morgan fingerprint density at radius 2 is 2.00 bits per heavy atom. The molecule has 1 aliphatic heterocycles. The molecule has 1 heterocycles. The van der Waals surface area contributed by atoms with Crippen LogP contribution in [-0.2, 0) is 9.84 Å². The van der Waals surface area contributed by atoms with Crippen molar-refractivity contribution in [2.75, 3.05) is 12.4 Å². The van der Waals surface area contributed by atoms with Crippen LogP contribution < -0.4 is 0 Å². The zero-order chi connectivity index (χ0) is 8.70. The normalized spacial score (nSPS) is 33.9. The summed E-state index contributed by atoms with van der Waals surface area (Å²) in [6, 6.07) is 0. The molecule has 0 saturated carbocycles. The van der Waals surface area contributed by atoms with Gasteiger partial charge in [-0.3, -0.25) is 4.39 Å². The molecule has 11 heavy (non-hydrogen) atoms. The predicted octanol–water partition coefficient (Wildman–Crippen LogP) is 0.983. The molecule has 1 saturated heterocycles. The smallest absolute Gasteiger partial charge is 0.251 e. The highest BCUT2D eigenvalue weighted by atomic mass is 32.2. The van der Waals surface area contributed by atoms with E-state index in [4.69, 9.17) is 0 Å². The lowest BCUT2D eigenvalue weighted by Gasteiger charge is -2.05. The van der Waals surface area contributed by atoms with E-state index in [0.29, 0.717) is 0 Å². The van der Waals surface area contributed by atoms with E-state index in [1.807, 2.05) is 0 Å². The van der Waals surface area contributed by atoms with Gasteiger partial charge in [-0.25, -0.2) is 8.42 Å². The van der Waals surface area contributed by atoms with Crippen molar-refractivity contribution in [3.05, 3.63) is 0 Å². The van der Waals surface area contributed by atoms with Gasteiger partial charge in [0, 0.05) is 12.3 Å². The predicted molar refractivity (Wildman–Crippen MR) is 32.8 cm³/mol. The largest absolute Gasteiger partial charge is 0.346 e. The zero-order valence-corrected chi connectivity index (χ0v) is 6.37. The molecule has 0 aromatic heterocycles. The number of rotatable bonds is 1. The molecule has 2 nitrogen and oxygen atoms in total. The van der Waals surface area contributed by atoms with Crippen LogP contribution in [0, 0.1) is 5.92 Å². The van der Waals surface area contributed by atoms with Gasteiger partial charge >= 0.3 is 5.25 Å². The molecule has 0 N–H and O–H groups in total. The summed E-state index contributed by atoms with van der Waals surface area (Å²) in [5.74, 6) is -1.74. The summed E-state index contributed by atoms with van der Waals surface area (Å²) in [7, 11) is -4.36. The maximum absolute atomic E-state index is 12.4. The zero-order valence-electron chi connectivity index (χ0n) is 5.56. The first kappa shape index (κ1) is 8.83. The van der Waals surface area contributed by atoms with Gasteiger partial charge in [0.1, 0.15) is 0 Å². The van der Waals surface area contributed by atoms with Crippen molar-refractivity contribution in [2.45, 2.75) is 11.7 Å². The summed E-state index contributed by atoms with van der Waals surface area (Å²) in [6.07, 6.45) is -0.869. The number of halogens is 3. The molecule has 1 aliphatic rings. The summed E-state index contributed by atoms with van der Waals surface area (Å²) >= 11 is 0. The minimum atomic E-state index is -4.36. The van der Waals surface area contributed by atoms with Gasteiger partial charge in [-0.15, -0.1) is 0 Å². The molecular weight excluding hydrogens is 181 g/mol. The maximum atomic E-state index is 12.4. The Kier molecular flexibility index (Phi) is 1.90. The SMILES string of the molecule is O=S1(=O)CC(CF)CC1(F)F. The molecule has 1 atom stereocenters. The van der Waals surface area contributed by atoms with Crippen LogP contribution in [0.4, 0.5) is 13.2 Å². The Morgan fingerprint density at radius 1 is 1.45 bits per heavy atom. The lowest BCUT2D eigenvalue weighted by molar-refractivity contribution is 0.0770. The second-order valence-corrected chi connectivity index (χ2v) is 4.80. The fourth-order valence-electron chi connectivity index (χ4n) is 1.05. The fourth-order valence-corrected chi connectivity index (χ4v) is 2.61. The quantitative estimate of drug-likeness (QED) is 0.614. The van der Waals surface area contributed by atoms with E-state index in [-0.39, 0.29) is 0 Å². The molecule has 0 aromatic carbocycles. The molecular formula is C5H7F3O2S. The van der Waals surface area contributed by atoms with E-state index < -0.39 is 39.9 Å². The first-order valence-electron chi connectivity index (χ1n) is 3.05. The number of sulfone groups is 1. The average molecular weight is 188 g/mol. The Bertz CT molecular complexity index is 246. The minimum Gasteiger partial charge on any atom is -0.251 e. The van der Waals surface area contributed by atoms with Crippen molar-refractivity contribution >= 4 is 9.84 Å². The van der Waals surface area contributed by atoms with Crippen molar-refractivity contribution < 1.29 is 21.6 Å². The van der Waals surface area contributed by atoms with Crippen LogP contribution in [0.5, 0.6) is 0 Å². The maximum Gasteiger partial charge on any atom is 0.346 e. The van der Waals surface area contributed by atoms with Crippen LogP contribution in [-0.4, -0.2) is 26.1 Å². The van der Waals surface area contributed by atoms with Gasteiger partial charge in [-0.1, -0.05) is 0 Å². The molecule has 1 unspecified atom stereocenters. The van der Waals surface area contributed by atoms with Gasteiger partial charge < -0.3 is 0 Å². The molecule has 0 aromatic rings. The van der Waals surface area contributed by atoms with Crippen LogP contribution in [0.15, 0.2) is 0 Å². The van der Waals surface area contributed by atoms with E-state index in [2.05, 4.69) is 0 Å². The van der Waals surface area contributed by atoms with Crippen molar-refractivity contribution in [1.29, 1.82) is 0 Å². The van der Waals surface area contributed by atoms with Crippen molar-refractivity contribution in [3.63, 3.8) is 0 Å². The second kappa shape index (κ2) is 2.36. The highest BCUT2D eigenvalue weighted by Crippen LogP contribution is 2.38. The summed E-state index contributed by atoms with van der Waals surface area (Å²) in [6.45, 7) is -0.991. The van der Waals surface area contributed by atoms with Crippen LogP contribution in [0.3, 0.4) is 0 Å². The van der Waals surface area contributed by atoms with E-state index in [0.717, 1.165) is 0 Å². The highest BCUT2D eigenvalue weighted by Gasteiger charge is 2.53. The van der Waals surface area contributed by atoms with Gasteiger partial charge in [0.2, 0.25) is 9.84 Å². The molecule has 0 spiro atoms. The van der Waals surface area contributed by atoms with Crippen molar-refractivity contribution in [1.82, 2.24) is 0 Å². The third kappa shape index (κ3) is 1.36. The monoisotopic (exact) mass is 188 g/mol. The topological polar surface area (TPSA) is 34.1 Å². The van der Waals surface area contributed by atoms with Gasteiger partial charge in [0.25, 0.3) is 0 Å². The molecule has 66 valence electrons. The van der Waals surface area contributed by atoms with E-state index >= 15 is 0 Å². The first-order chi connectivity index (χ1) is 4.89. The Labute approximate surface area is 62.3 Å². The lowest BCUT2D eigenvalue weighted by Crippen LogP contribution is -2.22. The highest BCUT2D eigenvalue weighted by molar-refractivity contribution is 7.92. The summed E-state index contributed by atoms with van der Waals surface area (Å²) < 4.78 is 57.7. The molecule has 0 amide bonds. The molecule has 0 bridgehead atoms. The van der Waals surface area contributed by atoms with Crippen LogP contribution in [0.25, 0.3) is 0 Å². The second-order valence-electron chi connectivity index (χ2n) is 2.64. The fraction of sp³-hybridized carbons (Fsp3) is 1.00. The number of alkyl halides is 3. The van der Waals surface area contributed by atoms with Crippen LogP contribution in [0.2, 0.25) is 0 Å². The summed E-state index contributed by atoms with van der Waals surface area (Å²) in [5, 5.41) is -3.70. The number of hydrogen-bond donors (Lipinski definition) is 0. The molecule has 1 fully saturated rings. The van der Waals surface area contributed by atoms with Crippen molar-refractivity contribution in [3.8, 4) is 0 Å². The third-order valence-electron chi connectivity index (χ3n) is 1.65. The third-order valence-corrected chi connectivity index (χ3v) is 3.64. The van der Waals surface area contributed by atoms with Gasteiger partial charge in [-0.2, -0.15) is 8.78 Å². The molecule has 0 radical (unpaired) electrons. The van der Waals surface area contributed by atoms with Gasteiger partial charge in [-0.05, 0) is 0 Å².